The van der Waals surface area contributed by atoms with Crippen LogP contribution in [0.4, 0.5) is 5.95 Å². The molecule has 0 radical (unpaired) electrons. The first-order valence-electron chi connectivity index (χ1n) is 7.75. The first-order valence-corrected chi connectivity index (χ1v) is 7.75. The van der Waals surface area contributed by atoms with Crippen LogP contribution in [0.5, 0.6) is 0 Å². The van der Waals surface area contributed by atoms with Gasteiger partial charge in [-0.1, -0.05) is 24.3 Å². The molecule has 7 nitrogen and oxygen atoms in total. The molecule has 0 spiro atoms. The lowest BCUT2D eigenvalue weighted by molar-refractivity contribution is 0.0958. The molecular weight excluding hydrogens is 318 g/mol. The Labute approximate surface area is 142 Å². The van der Waals surface area contributed by atoms with Gasteiger partial charge < -0.3 is 4.98 Å². The Morgan fingerprint density at radius 1 is 1.08 bits per heavy atom. The van der Waals surface area contributed by atoms with Crippen LogP contribution in [-0.4, -0.2) is 20.9 Å². The molecule has 0 saturated carbocycles. The Morgan fingerprint density at radius 3 is 2.80 bits per heavy atom. The van der Waals surface area contributed by atoms with E-state index in [0.717, 1.165) is 16.5 Å². The van der Waals surface area contributed by atoms with Gasteiger partial charge >= 0.3 is 0 Å². The summed E-state index contributed by atoms with van der Waals surface area (Å²) in [6, 6.07) is 14.7. The number of hydrazine groups is 1. The van der Waals surface area contributed by atoms with E-state index < -0.39 is 0 Å². The number of carbonyl (C=O) groups is 1. The maximum Gasteiger partial charge on any atom is 0.286 e. The van der Waals surface area contributed by atoms with Crippen molar-refractivity contribution in [2.24, 2.45) is 0 Å². The molecule has 0 aliphatic carbocycles. The highest BCUT2D eigenvalue weighted by Gasteiger charge is 2.10. The highest BCUT2D eigenvalue weighted by Crippen LogP contribution is 2.16. The van der Waals surface area contributed by atoms with E-state index in [9.17, 15) is 9.59 Å². The number of aromatic amines is 2. The monoisotopic (exact) mass is 333 g/mol. The average Bonchev–Trinajstić information content (AvgIpc) is 3.03. The molecular formula is C18H15N5O2. The van der Waals surface area contributed by atoms with Crippen molar-refractivity contribution in [2.45, 2.75) is 6.92 Å². The van der Waals surface area contributed by atoms with Crippen molar-refractivity contribution in [1.82, 2.24) is 20.4 Å². The molecule has 7 heteroatoms. The van der Waals surface area contributed by atoms with E-state index in [2.05, 4.69) is 25.8 Å². The fourth-order valence-electron chi connectivity index (χ4n) is 2.69. The maximum absolute atomic E-state index is 12.3. The minimum Gasteiger partial charge on any atom is -0.350 e. The molecule has 0 aliphatic rings. The van der Waals surface area contributed by atoms with Gasteiger partial charge in [-0.2, -0.15) is 0 Å². The molecule has 1 amide bonds. The zero-order chi connectivity index (χ0) is 17.4. The molecule has 124 valence electrons. The summed E-state index contributed by atoms with van der Waals surface area (Å²) in [4.78, 5) is 34.2. The van der Waals surface area contributed by atoms with Gasteiger partial charge in [0.15, 0.2) is 0 Å². The molecule has 4 aromatic rings. The van der Waals surface area contributed by atoms with E-state index in [-0.39, 0.29) is 17.4 Å². The Bertz CT molecular complexity index is 1160. The van der Waals surface area contributed by atoms with Gasteiger partial charge in [-0.25, -0.2) is 4.98 Å². The van der Waals surface area contributed by atoms with E-state index in [1.165, 1.54) is 0 Å². The minimum atomic E-state index is -0.357. The number of nitrogens with one attached hydrogen (secondary N) is 4. The number of nitrogens with zero attached hydrogens (tertiary/aromatic N) is 1. The van der Waals surface area contributed by atoms with Gasteiger partial charge in [-0.15, -0.1) is 0 Å². The van der Waals surface area contributed by atoms with Crippen LogP contribution in [0.3, 0.4) is 0 Å². The summed E-state index contributed by atoms with van der Waals surface area (Å²) in [5.74, 6) is -0.186. The van der Waals surface area contributed by atoms with Crippen LogP contribution in [-0.2, 0) is 0 Å². The fraction of sp³-hybridized carbons (Fsp3) is 0.0556. The molecule has 4 N–H and O–H groups in total. The number of para-hydroxylation sites is 1. The molecule has 0 unspecified atom stereocenters. The summed E-state index contributed by atoms with van der Waals surface area (Å²) in [7, 11) is 0. The fourth-order valence-corrected chi connectivity index (χ4v) is 2.69. The number of aryl methyl sites for hydroxylation is 1. The number of fused-ring (bicyclic) bond motifs is 2. The molecule has 0 saturated heterocycles. The quantitative estimate of drug-likeness (QED) is 0.432. The van der Waals surface area contributed by atoms with Crippen LogP contribution in [0, 0.1) is 6.92 Å². The highest BCUT2D eigenvalue weighted by atomic mass is 16.2. The van der Waals surface area contributed by atoms with Gasteiger partial charge in [0.2, 0.25) is 5.95 Å². The van der Waals surface area contributed by atoms with E-state index >= 15 is 0 Å². The second-order valence-electron chi connectivity index (χ2n) is 5.78. The second-order valence-corrected chi connectivity index (χ2v) is 5.78. The smallest absolute Gasteiger partial charge is 0.286 e. The Hall–Kier alpha value is -3.61. The summed E-state index contributed by atoms with van der Waals surface area (Å²) < 4.78 is 0. The van der Waals surface area contributed by atoms with Gasteiger partial charge in [-0.05, 0) is 36.8 Å². The van der Waals surface area contributed by atoms with E-state index in [1.54, 1.807) is 30.3 Å². The van der Waals surface area contributed by atoms with Crippen molar-refractivity contribution in [3.63, 3.8) is 0 Å². The molecule has 2 heterocycles. The third-order valence-electron chi connectivity index (χ3n) is 3.93. The number of anilines is 1. The van der Waals surface area contributed by atoms with Crippen LogP contribution in [0.25, 0.3) is 21.8 Å². The summed E-state index contributed by atoms with van der Waals surface area (Å²) in [6.07, 6.45) is 0. The molecule has 0 aliphatic heterocycles. The van der Waals surface area contributed by atoms with Crippen LogP contribution in [0.2, 0.25) is 0 Å². The first kappa shape index (κ1) is 14.9. The van der Waals surface area contributed by atoms with Crippen molar-refractivity contribution < 1.29 is 4.79 Å². The Morgan fingerprint density at radius 2 is 1.92 bits per heavy atom. The number of hydrogen-bond donors (Lipinski definition) is 4. The molecule has 0 fully saturated rings. The summed E-state index contributed by atoms with van der Waals surface area (Å²) in [5.41, 5.74) is 7.86. The number of aromatic nitrogens is 3. The molecule has 4 rings (SSSR count). The number of H-pyrrole nitrogens is 2. The third kappa shape index (κ3) is 2.83. The standard InChI is InChI=1S/C18H15N5O2/c1-10-6-7-11-9-15(19-14(11)8-10)17(25)22-23-18-20-13-5-3-2-4-12(13)16(24)21-18/h2-9,19H,1H3,(H,22,25)(H2,20,21,23,24). The van der Waals surface area contributed by atoms with E-state index in [0.29, 0.717) is 16.6 Å². The van der Waals surface area contributed by atoms with Crippen LogP contribution in [0.1, 0.15) is 16.1 Å². The van der Waals surface area contributed by atoms with Gasteiger partial charge in [0, 0.05) is 10.9 Å². The summed E-state index contributed by atoms with van der Waals surface area (Å²) in [5, 5.41) is 1.44. The van der Waals surface area contributed by atoms with Crippen molar-refractivity contribution in [3.8, 4) is 0 Å². The van der Waals surface area contributed by atoms with Crippen molar-refractivity contribution in [2.75, 3.05) is 5.43 Å². The number of amides is 1. The third-order valence-corrected chi connectivity index (χ3v) is 3.93. The Balaban J connectivity index is 1.55. The lowest BCUT2D eigenvalue weighted by Gasteiger charge is -2.07. The topological polar surface area (TPSA) is 103 Å². The largest absolute Gasteiger partial charge is 0.350 e. The van der Waals surface area contributed by atoms with Crippen molar-refractivity contribution in [1.29, 1.82) is 0 Å². The maximum atomic E-state index is 12.3. The number of benzene rings is 2. The zero-order valence-electron chi connectivity index (χ0n) is 13.4. The average molecular weight is 333 g/mol. The van der Waals surface area contributed by atoms with Crippen molar-refractivity contribution >= 4 is 33.7 Å². The van der Waals surface area contributed by atoms with Crippen LogP contribution < -0.4 is 16.4 Å². The van der Waals surface area contributed by atoms with E-state index in [4.69, 9.17) is 0 Å². The molecule has 0 atom stereocenters. The van der Waals surface area contributed by atoms with Crippen molar-refractivity contribution in [3.05, 3.63) is 70.1 Å². The van der Waals surface area contributed by atoms with E-state index in [1.807, 2.05) is 25.1 Å². The zero-order valence-corrected chi connectivity index (χ0v) is 13.4. The predicted molar refractivity (Wildman–Crippen MR) is 96.5 cm³/mol. The van der Waals surface area contributed by atoms with Gasteiger partial charge in [0.25, 0.3) is 11.5 Å². The molecule has 2 aromatic carbocycles. The SMILES string of the molecule is Cc1ccc2cc(C(=O)NNc3nc4ccccc4c(=O)[nH]3)[nH]c2c1. The lowest BCUT2D eigenvalue weighted by atomic mass is 10.2. The Kier molecular flexibility index (Phi) is 3.46. The lowest BCUT2D eigenvalue weighted by Crippen LogP contribution is -2.31. The normalized spacial score (nSPS) is 10.9. The van der Waals surface area contributed by atoms with Gasteiger partial charge in [0.1, 0.15) is 5.69 Å². The van der Waals surface area contributed by atoms with Crippen LogP contribution >= 0.6 is 0 Å². The number of carbonyl (C=O) groups excluding carboxylic acids is 1. The molecule has 0 bridgehead atoms. The summed E-state index contributed by atoms with van der Waals surface area (Å²) in [6.45, 7) is 1.99. The number of hydrogen-bond acceptors (Lipinski definition) is 4. The molecule has 2 aromatic heterocycles. The minimum absolute atomic E-state index is 0.170. The number of rotatable bonds is 3. The van der Waals surface area contributed by atoms with Crippen LogP contribution in [0.15, 0.2) is 53.3 Å². The van der Waals surface area contributed by atoms with Gasteiger partial charge in [0.05, 0.1) is 10.9 Å². The molecule has 25 heavy (non-hydrogen) atoms. The van der Waals surface area contributed by atoms with Gasteiger partial charge in [-0.3, -0.25) is 25.4 Å². The predicted octanol–water partition coefficient (Wildman–Crippen LogP) is 2.47. The highest BCUT2D eigenvalue weighted by molar-refractivity contribution is 5.98. The second kappa shape index (κ2) is 5.79. The first-order chi connectivity index (χ1) is 12.1. The summed E-state index contributed by atoms with van der Waals surface area (Å²) >= 11 is 0.